The molecule has 18 heavy (non-hydrogen) atoms. The second-order valence-corrected chi connectivity index (χ2v) is 4.53. The zero-order valence-corrected chi connectivity index (χ0v) is 11.7. The van der Waals surface area contributed by atoms with Gasteiger partial charge in [0.2, 0.25) is 5.91 Å². The monoisotopic (exact) mass is 258 g/mol. The van der Waals surface area contributed by atoms with Crippen LogP contribution in [-0.2, 0) is 9.59 Å². The third-order valence-corrected chi connectivity index (χ3v) is 2.85. The van der Waals surface area contributed by atoms with Crippen molar-refractivity contribution in [1.29, 1.82) is 0 Å². The van der Waals surface area contributed by atoms with Crippen molar-refractivity contribution < 1.29 is 14.7 Å². The first kappa shape index (κ1) is 16.9. The van der Waals surface area contributed by atoms with E-state index < -0.39 is 12.0 Å². The number of amides is 1. The first-order valence-corrected chi connectivity index (χ1v) is 6.76. The smallest absolute Gasteiger partial charge is 0.320 e. The van der Waals surface area contributed by atoms with Crippen molar-refractivity contribution in [3.63, 3.8) is 0 Å². The van der Waals surface area contributed by atoms with Gasteiger partial charge in [0, 0.05) is 13.1 Å². The van der Waals surface area contributed by atoms with Gasteiger partial charge in [0.1, 0.15) is 6.04 Å². The molecule has 0 fully saturated rings. The van der Waals surface area contributed by atoms with Crippen LogP contribution in [0.3, 0.4) is 0 Å². The molecule has 2 N–H and O–H groups in total. The van der Waals surface area contributed by atoms with Crippen LogP contribution in [0.25, 0.3) is 0 Å². The van der Waals surface area contributed by atoms with Gasteiger partial charge in [-0.25, -0.2) is 0 Å². The fourth-order valence-corrected chi connectivity index (χ4v) is 1.50. The van der Waals surface area contributed by atoms with Crippen LogP contribution >= 0.6 is 0 Å². The van der Waals surface area contributed by atoms with E-state index in [9.17, 15) is 9.59 Å². The van der Waals surface area contributed by atoms with Crippen molar-refractivity contribution in [1.82, 2.24) is 10.2 Å². The fourth-order valence-electron chi connectivity index (χ4n) is 1.50. The van der Waals surface area contributed by atoms with Crippen LogP contribution in [0.15, 0.2) is 0 Å². The molecule has 0 saturated carbocycles. The number of carbonyl (C=O) groups excluding carboxylic acids is 1. The summed E-state index contributed by atoms with van der Waals surface area (Å²) >= 11 is 0. The van der Waals surface area contributed by atoms with Crippen LogP contribution in [-0.4, -0.2) is 47.6 Å². The van der Waals surface area contributed by atoms with Crippen molar-refractivity contribution in [2.45, 2.75) is 52.5 Å². The largest absolute Gasteiger partial charge is 0.480 e. The van der Waals surface area contributed by atoms with Gasteiger partial charge in [-0.3, -0.25) is 14.9 Å². The van der Waals surface area contributed by atoms with Crippen molar-refractivity contribution in [2.24, 2.45) is 0 Å². The second-order valence-electron chi connectivity index (χ2n) is 4.53. The van der Waals surface area contributed by atoms with E-state index in [1.807, 2.05) is 4.90 Å². The molecule has 0 heterocycles. The van der Waals surface area contributed by atoms with Crippen molar-refractivity contribution in [2.75, 3.05) is 19.6 Å². The summed E-state index contributed by atoms with van der Waals surface area (Å²) in [6, 6.07) is -0.687. The van der Waals surface area contributed by atoms with E-state index in [0.29, 0.717) is 0 Å². The third-order valence-electron chi connectivity index (χ3n) is 2.85. The molecule has 0 aromatic carbocycles. The SMILES string of the molecule is CCCCN(CCCC)C(=O)CNC(C)C(=O)O. The standard InChI is InChI=1S/C13H26N2O3/c1-4-6-8-15(9-7-5-2)12(16)10-14-11(3)13(17)18/h11,14H,4-10H2,1-3H3,(H,17,18). The summed E-state index contributed by atoms with van der Waals surface area (Å²) < 4.78 is 0. The Balaban J connectivity index is 4.14. The van der Waals surface area contributed by atoms with E-state index in [2.05, 4.69) is 19.2 Å². The minimum absolute atomic E-state index is 0.00926. The number of nitrogens with one attached hydrogen (secondary N) is 1. The maximum absolute atomic E-state index is 12.0. The number of nitrogens with zero attached hydrogens (tertiary/aromatic N) is 1. The van der Waals surface area contributed by atoms with Crippen molar-refractivity contribution in [3.05, 3.63) is 0 Å². The van der Waals surface area contributed by atoms with Crippen LogP contribution < -0.4 is 5.32 Å². The summed E-state index contributed by atoms with van der Waals surface area (Å²) in [6.45, 7) is 7.34. The van der Waals surface area contributed by atoms with E-state index >= 15 is 0 Å². The summed E-state index contributed by atoms with van der Waals surface area (Å²) in [4.78, 5) is 24.4. The number of aliphatic carboxylic acids is 1. The second kappa shape index (κ2) is 9.88. The average Bonchev–Trinajstić information content (AvgIpc) is 2.35. The summed E-state index contributed by atoms with van der Waals surface area (Å²) in [5, 5.41) is 11.5. The number of carbonyl (C=O) groups is 2. The summed E-state index contributed by atoms with van der Waals surface area (Å²) in [6.07, 6.45) is 4.08. The normalized spacial score (nSPS) is 12.2. The van der Waals surface area contributed by atoms with Gasteiger partial charge in [-0.1, -0.05) is 26.7 Å². The Labute approximate surface area is 110 Å². The molecule has 0 saturated heterocycles. The Morgan fingerprint density at radius 1 is 1.17 bits per heavy atom. The number of hydrogen-bond donors (Lipinski definition) is 2. The van der Waals surface area contributed by atoms with Crippen LogP contribution in [0.2, 0.25) is 0 Å². The molecule has 0 aliphatic heterocycles. The fraction of sp³-hybridized carbons (Fsp3) is 0.846. The van der Waals surface area contributed by atoms with Crippen LogP contribution in [0.1, 0.15) is 46.5 Å². The lowest BCUT2D eigenvalue weighted by Gasteiger charge is -2.23. The van der Waals surface area contributed by atoms with Gasteiger partial charge in [0.05, 0.1) is 6.54 Å². The van der Waals surface area contributed by atoms with E-state index in [0.717, 1.165) is 38.8 Å². The number of rotatable bonds is 10. The van der Waals surface area contributed by atoms with E-state index in [4.69, 9.17) is 5.11 Å². The van der Waals surface area contributed by atoms with Crippen molar-refractivity contribution >= 4 is 11.9 Å². The molecule has 0 aromatic heterocycles. The minimum Gasteiger partial charge on any atom is -0.480 e. The summed E-state index contributed by atoms with van der Waals surface area (Å²) in [5.41, 5.74) is 0. The molecule has 0 spiro atoms. The molecule has 0 bridgehead atoms. The zero-order chi connectivity index (χ0) is 14.0. The highest BCUT2D eigenvalue weighted by Gasteiger charge is 2.15. The van der Waals surface area contributed by atoms with Gasteiger partial charge in [-0.15, -0.1) is 0 Å². The van der Waals surface area contributed by atoms with Crippen LogP contribution in [0, 0.1) is 0 Å². The molecule has 106 valence electrons. The quantitative estimate of drug-likeness (QED) is 0.622. The van der Waals surface area contributed by atoms with Crippen LogP contribution in [0.4, 0.5) is 0 Å². The summed E-state index contributed by atoms with van der Waals surface area (Å²) in [7, 11) is 0. The molecule has 0 aliphatic carbocycles. The van der Waals surface area contributed by atoms with Gasteiger partial charge in [-0.05, 0) is 19.8 Å². The van der Waals surface area contributed by atoms with E-state index in [-0.39, 0.29) is 12.5 Å². The molecule has 5 heteroatoms. The maximum atomic E-state index is 12.0. The molecule has 1 unspecified atom stereocenters. The van der Waals surface area contributed by atoms with Gasteiger partial charge >= 0.3 is 5.97 Å². The predicted molar refractivity (Wildman–Crippen MR) is 71.5 cm³/mol. The molecule has 0 radical (unpaired) electrons. The van der Waals surface area contributed by atoms with Gasteiger partial charge in [0.25, 0.3) is 0 Å². The zero-order valence-electron chi connectivity index (χ0n) is 11.7. The van der Waals surface area contributed by atoms with Gasteiger partial charge < -0.3 is 10.0 Å². The molecule has 0 aromatic rings. The van der Waals surface area contributed by atoms with E-state index in [1.165, 1.54) is 6.92 Å². The van der Waals surface area contributed by atoms with Crippen molar-refractivity contribution in [3.8, 4) is 0 Å². The van der Waals surface area contributed by atoms with Crippen LogP contribution in [0.5, 0.6) is 0 Å². The lowest BCUT2D eigenvalue weighted by molar-refractivity contribution is -0.139. The highest BCUT2D eigenvalue weighted by molar-refractivity contribution is 5.79. The third kappa shape index (κ3) is 7.27. The molecular formula is C13H26N2O3. The Morgan fingerprint density at radius 3 is 2.06 bits per heavy atom. The highest BCUT2D eigenvalue weighted by Crippen LogP contribution is 2.00. The first-order valence-electron chi connectivity index (χ1n) is 6.76. The Kier molecular flexibility index (Phi) is 9.28. The molecule has 0 rings (SSSR count). The molecule has 1 amide bonds. The minimum atomic E-state index is -0.934. The first-order chi connectivity index (χ1) is 8.52. The number of hydrogen-bond acceptors (Lipinski definition) is 3. The molecule has 1 atom stereocenters. The lowest BCUT2D eigenvalue weighted by atomic mass is 10.2. The van der Waals surface area contributed by atoms with E-state index in [1.54, 1.807) is 0 Å². The Morgan fingerprint density at radius 2 is 1.67 bits per heavy atom. The Hall–Kier alpha value is -1.10. The molecular weight excluding hydrogens is 232 g/mol. The highest BCUT2D eigenvalue weighted by atomic mass is 16.4. The predicted octanol–water partition coefficient (Wildman–Crippen LogP) is 1.48. The van der Waals surface area contributed by atoms with Gasteiger partial charge in [-0.2, -0.15) is 0 Å². The van der Waals surface area contributed by atoms with Gasteiger partial charge in [0.15, 0.2) is 0 Å². The number of unbranched alkanes of at least 4 members (excludes halogenated alkanes) is 2. The molecule has 0 aliphatic rings. The topological polar surface area (TPSA) is 69.6 Å². The molecule has 5 nitrogen and oxygen atoms in total. The average molecular weight is 258 g/mol. The number of carboxylic acid groups (broad SMARTS) is 1. The lowest BCUT2D eigenvalue weighted by Crippen LogP contribution is -2.44. The summed E-state index contributed by atoms with van der Waals surface area (Å²) in [5.74, 6) is -0.943. The Bertz CT molecular complexity index is 249. The number of carboxylic acids is 1. The maximum Gasteiger partial charge on any atom is 0.320 e.